The minimum absolute atomic E-state index is 0.322. The van der Waals surface area contributed by atoms with Gasteiger partial charge >= 0.3 is 0 Å². The van der Waals surface area contributed by atoms with Crippen molar-refractivity contribution in [2.45, 2.75) is 40.0 Å². The van der Waals surface area contributed by atoms with E-state index in [-0.39, 0.29) is 0 Å². The Morgan fingerprint density at radius 2 is 2.33 bits per heavy atom. The highest BCUT2D eigenvalue weighted by atomic mass is 16.1. The van der Waals surface area contributed by atoms with E-state index < -0.39 is 0 Å². The lowest BCUT2D eigenvalue weighted by Gasteiger charge is -2.29. The Labute approximate surface area is 74.9 Å². The summed E-state index contributed by atoms with van der Waals surface area (Å²) in [6.07, 6.45) is 6.27. The third-order valence-corrected chi connectivity index (χ3v) is 3.38. The summed E-state index contributed by atoms with van der Waals surface area (Å²) in [7, 11) is 0. The first kappa shape index (κ1) is 9.50. The van der Waals surface area contributed by atoms with Gasteiger partial charge in [0.05, 0.1) is 0 Å². The van der Waals surface area contributed by atoms with E-state index in [2.05, 4.69) is 26.8 Å². The summed E-state index contributed by atoms with van der Waals surface area (Å²) >= 11 is 0. The van der Waals surface area contributed by atoms with Gasteiger partial charge in [0, 0.05) is 6.42 Å². The molecule has 12 heavy (non-hydrogen) atoms. The lowest BCUT2D eigenvalue weighted by atomic mass is 9.76. The molecule has 1 aliphatic carbocycles. The lowest BCUT2D eigenvalue weighted by molar-refractivity contribution is -0.108. The van der Waals surface area contributed by atoms with Crippen molar-refractivity contribution in [3.8, 4) is 0 Å². The molecule has 0 saturated heterocycles. The molecule has 1 rings (SSSR count). The monoisotopic (exact) mass is 166 g/mol. The van der Waals surface area contributed by atoms with Gasteiger partial charge in [0.2, 0.25) is 0 Å². The molecule has 0 N–H and O–H groups in total. The first-order chi connectivity index (χ1) is 5.59. The number of aldehydes is 1. The predicted molar refractivity (Wildman–Crippen MR) is 50.9 cm³/mol. The zero-order chi connectivity index (χ0) is 9.19. The van der Waals surface area contributed by atoms with Gasteiger partial charge in [-0.1, -0.05) is 25.5 Å². The Kier molecular flexibility index (Phi) is 2.71. The smallest absolute Gasteiger partial charge is 0.120 e. The molecule has 0 aromatic rings. The SMILES string of the molecule is CC1=CC[C@@H](CCC=O)C1(C)C. The van der Waals surface area contributed by atoms with Crippen LogP contribution in [0.4, 0.5) is 0 Å². The molecule has 1 aliphatic rings. The maximum atomic E-state index is 10.2. The van der Waals surface area contributed by atoms with Crippen LogP contribution in [-0.2, 0) is 4.79 Å². The minimum atomic E-state index is 0.322. The standard InChI is InChI=1S/C11H18O/c1-9-6-7-10(5-4-8-12)11(9,2)3/h6,8,10H,4-5,7H2,1-3H3/t10-/m1/s1. The quantitative estimate of drug-likeness (QED) is 0.465. The molecule has 0 spiro atoms. The fourth-order valence-electron chi connectivity index (χ4n) is 1.95. The van der Waals surface area contributed by atoms with E-state index in [1.165, 1.54) is 5.57 Å². The van der Waals surface area contributed by atoms with Crippen LogP contribution in [0, 0.1) is 11.3 Å². The molecule has 0 heterocycles. The maximum Gasteiger partial charge on any atom is 0.120 e. The summed E-state index contributed by atoms with van der Waals surface area (Å²) in [6, 6.07) is 0. The molecule has 68 valence electrons. The topological polar surface area (TPSA) is 17.1 Å². The van der Waals surface area contributed by atoms with E-state index in [9.17, 15) is 4.79 Å². The van der Waals surface area contributed by atoms with Gasteiger partial charge in [0.15, 0.2) is 0 Å². The van der Waals surface area contributed by atoms with Crippen LogP contribution in [0.25, 0.3) is 0 Å². The fraction of sp³-hybridized carbons (Fsp3) is 0.727. The molecular formula is C11H18O. The Morgan fingerprint density at radius 1 is 1.67 bits per heavy atom. The molecule has 1 heteroatoms. The lowest BCUT2D eigenvalue weighted by Crippen LogP contribution is -2.20. The van der Waals surface area contributed by atoms with Crippen LogP contribution in [0.2, 0.25) is 0 Å². The molecular weight excluding hydrogens is 148 g/mol. The summed E-state index contributed by atoms with van der Waals surface area (Å²) < 4.78 is 0. The van der Waals surface area contributed by atoms with E-state index in [1.54, 1.807) is 0 Å². The Bertz CT molecular complexity index is 201. The van der Waals surface area contributed by atoms with Gasteiger partial charge in [-0.25, -0.2) is 0 Å². The van der Waals surface area contributed by atoms with Gasteiger partial charge in [0.25, 0.3) is 0 Å². The van der Waals surface area contributed by atoms with E-state index in [4.69, 9.17) is 0 Å². The highest BCUT2D eigenvalue weighted by Crippen LogP contribution is 2.44. The van der Waals surface area contributed by atoms with Gasteiger partial charge in [-0.3, -0.25) is 0 Å². The molecule has 0 bridgehead atoms. The molecule has 0 aromatic carbocycles. The van der Waals surface area contributed by atoms with Crippen molar-refractivity contribution in [3.63, 3.8) is 0 Å². The molecule has 0 amide bonds. The largest absolute Gasteiger partial charge is 0.303 e. The van der Waals surface area contributed by atoms with Crippen LogP contribution in [0.5, 0.6) is 0 Å². The Hall–Kier alpha value is -0.590. The van der Waals surface area contributed by atoms with E-state index >= 15 is 0 Å². The van der Waals surface area contributed by atoms with E-state index in [0.717, 1.165) is 25.5 Å². The van der Waals surface area contributed by atoms with Crippen LogP contribution in [0.1, 0.15) is 40.0 Å². The first-order valence-corrected chi connectivity index (χ1v) is 4.70. The van der Waals surface area contributed by atoms with Crippen molar-refractivity contribution < 1.29 is 4.79 Å². The second-order valence-corrected chi connectivity index (χ2v) is 4.29. The summed E-state index contributed by atoms with van der Waals surface area (Å²) in [5, 5.41) is 0. The van der Waals surface area contributed by atoms with Crippen molar-refractivity contribution in [2.75, 3.05) is 0 Å². The van der Waals surface area contributed by atoms with Crippen molar-refractivity contribution in [3.05, 3.63) is 11.6 Å². The molecule has 0 fully saturated rings. The van der Waals surface area contributed by atoms with Gasteiger partial charge < -0.3 is 4.79 Å². The van der Waals surface area contributed by atoms with Gasteiger partial charge in [0.1, 0.15) is 6.29 Å². The summed E-state index contributed by atoms with van der Waals surface area (Å²) in [5.41, 5.74) is 1.81. The summed E-state index contributed by atoms with van der Waals surface area (Å²) in [4.78, 5) is 10.2. The second-order valence-electron chi connectivity index (χ2n) is 4.29. The third-order valence-electron chi connectivity index (χ3n) is 3.38. The highest BCUT2D eigenvalue weighted by Gasteiger charge is 2.33. The molecule has 0 saturated carbocycles. The summed E-state index contributed by atoms with van der Waals surface area (Å²) in [5.74, 6) is 0.683. The Balaban J connectivity index is 2.55. The normalized spacial score (nSPS) is 26.9. The minimum Gasteiger partial charge on any atom is -0.303 e. The third kappa shape index (κ3) is 1.60. The second kappa shape index (κ2) is 3.42. The molecule has 0 aromatic heterocycles. The zero-order valence-corrected chi connectivity index (χ0v) is 8.26. The number of rotatable bonds is 3. The molecule has 1 atom stereocenters. The molecule has 0 unspecified atom stereocenters. The Morgan fingerprint density at radius 3 is 2.75 bits per heavy atom. The average Bonchev–Trinajstić information content (AvgIpc) is 2.25. The number of carbonyl (C=O) groups excluding carboxylic acids is 1. The number of allylic oxidation sites excluding steroid dienone is 2. The van der Waals surface area contributed by atoms with Gasteiger partial charge in [-0.05, 0) is 31.1 Å². The average molecular weight is 166 g/mol. The van der Waals surface area contributed by atoms with Crippen LogP contribution in [0.3, 0.4) is 0 Å². The fourth-order valence-corrected chi connectivity index (χ4v) is 1.95. The number of carbonyl (C=O) groups is 1. The number of hydrogen-bond donors (Lipinski definition) is 0. The van der Waals surface area contributed by atoms with E-state index in [1.807, 2.05) is 0 Å². The van der Waals surface area contributed by atoms with Gasteiger partial charge in [-0.15, -0.1) is 0 Å². The first-order valence-electron chi connectivity index (χ1n) is 4.70. The van der Waals surface area contributed by atoms with Crippen LogP contribution in [-0.4, -0.2) is 6.29 Å². The molecule has 1 nitrogen and oxygen atoms in total. The summed E-state index contributed by atoms with van der Waals surface area (Å²) in [6.45, 7) is 6.75. The highest BCUT2D eigenvalue weighted by molar-refractivity contribution is 5.49. The van der Waals surface area contributed by atoms with Crippen molar-refractivity contribution in [2.24, 2.45) is 11.3 Å². The maximum absolute atomic E-state index is 10.2. The van der Waals surface area contributed by atoms with Crippen LogP contribution >= 0.6 is 0 Å². The van der Waals surface area contributed by atoms with Crippen molar-refractivity contribution >= 4 is 6.29 Å². The predicted octanol–water partition coefficient (Wildman–Crippen LogP) is 2.96. The zero-order valence-electron chi connectivity index (χ0n) is 8.26. The van der Waals surface area contributed by atoms with Crippen molar-refractivity contribution in [1.29, 1.82) is 0 Å². The van der Waals surface area contributed by atoms with Crippen LogP contribution in [0.15, 0.2) is 11.6 Å². The van der Waals surface area contributed by atoms with Crippen molar-refractivity contribution in [1.82, 2.24) is 0 Å². The van der Waals surface area contributed by atoms with Crippen LogP contribution < -0.4 is 0 Å². The number of hydrogen-bond acceptors (Lipinski definition) is 1. The molecule has 0 aliphatic heterocycles. The van der Waals surface area contributed by atoms with Gasteiger partial charge in [-0.2, -0.15) is 0 Å². The molecule has 0 radical (unpaired) electrons. The van der Waals surface area contributed by atoms with E-state index in [0.29, 0.717) is 11.3 Å².